The molecular formula is C14H10FIN4O2S. The Labute approximate surface area is 146 Å². The van der Waals surface area contributed by atoms with E-state index < -0.39 is 16.7 Å². The number of H-pyrrole nitrogens is 1. The number of hydrogen-bond donors (Lipinski definition) is 1. The van der Waals surface area contributed by atoms with Crippen LogP contribution in [0.4, 0.5) is 4.39 Å². The number of aromatic nitrogens is 4. The van der Waals surface area contributed by atoms with Gasteiger partial charge in [-0.05, 0) is 46.9 Å². The van der Waals surface area contributed by atoms with E-state index in [1.165, 1.54) is 29.3 Å². The Bertz CT molecular complexity index is 952. The van der Waals surface area contributed by atoms with Crippen LogP contribution in [-0.4, -0.2) is 30.2 Å². The Balaban J connectivity index is 2.30. The minimum absolute atomic E-state index is 0.316. The molecule has 0 saturated heterocycles. The highest BCUT2D eigenvalue weighted by molar-refractivity contribution is 14.1. The van der Waals surface area contributed by atoms with Gasteiger partial charge < -0.3 is 0 Å². The Morgan fingerprint density at radius 3 is 2.74 bits per heavy atom. The number of hydrogen-bond acceptors (Lipinski definition) is 4. The molecule has 0 aromatic carbocycles. The smallest absolute Gasteiger partial charge is 0.267 e. The molecule has 0 aliphatic rings. The molecule has 3 rings (SSSR count). The summed E-state index contributed by atoms with van der Waals surface area (Å²) in [4.78, 5) is 20.4. The van der Waals surface area contributed by atoms with Crippen LogP contribution in [0.5, 0.6) is 0 Å². The van der Waals surface area contributed by atoms with Gasteiger partial charge in [-0.15, -0.1) is 0 Å². The second-order valence-corrected chi connectivity index (χ2v) is 7.01. The van der Waals surface area contributed by atoms with E-state index in [-0.39, 0.29) is 5.56 Å². The van der Waals surface area contributed by atoms with Crippen LogP contribution in [0.25, 0.3) is 17.1 Å². The SMILES string of the molecule is CS(=O)c1cccnc1-n1[nH]c(=O)c(I)c1-c1ccc(F)nc1. The van der Waals surface area contributed by atoms with Crippen molar-refractivity contribution in [2.24, 2.45) is 0 Å². The molecule has 0 aliphatic heterocycles. The average molecular weight is 444 g/mol. The molecule has 1 atom stereocenters. The molecule has 23 heavy (non-hydrogen) atoms. The van der Waals surface area contributed by atoms with Gasteiger partial charge in [0.2, 0.25) is 5.95 Å². The maximum Gasteiger partial charge on any atom is 0.278 e. The van der Waals surface area contributed by atoms with Gasteiger partial charge in [-0.1, -0.05) is 0 Å². The lowest BCUT2D eigenvalue weighted by Gasteiger charge is -2.11. The zero-order valence-corrected chi connectivity index (χ0v) is 14.8. The summed E-state index contributed by atoms with van der Waals surface area (Å²) in [6, 6.07) is 6.09. The van der Waals surface area contributed by atoms with Crippen LogP contribution in [-0.2, 0) is 10.8 Å². The summed E-state index contributed by atoms with van der Waals surface area (Å²) >= 11 is 1.90. The quantitative estimate of drug-likeness (QED) is 0.496. The third-order valence-corrected chi connectivity index (χ3v) is 5.06. The zero-order valence-electron chi connectivity index (χ0n) is 11.8. The lowest BCUT2D eigenvalue weighted by molar-refractivity contribution is 0.584. The molecule has 0 fully saturated rings. The highest BCUT2D eigenvalue weighted by Gasteiger charge is 2.19. The van der Waals surface area contributed by atoms with E-state index in [0.717, 1.165) is 0 Å². The highest BCUT2D eigenvalue weighted by atomic mass is 127. The molecule has 0 aliphatic carbocycles. The molecule has 0 radical (unpaired) electrons. The van der Waals surface area contributed by atoms with Gasteiger partial charge in [0.25, 0.3) is 5.56 Å². The number of rotatable bonds is 3. The maximum absolute atomic E-state index is 13.1. The summed E-state index contributed by atoms with van der Waals surface area (Å²) in [5.41, 5.74) is 0.726. The third-order valence-electron chi connectivity index (χ3n) is 3.12. The second-order valence-electron chi connectivity index (χ2n) is 4.59. The van der Waals surface area contributed by atoms with Crippen LogP contribution in [0.15, 0.2) is 46.3 Å². The van der Waals surface area contributed by atoms with Crippen LogP contribution in [0, 0.1) is 9.52 Å². The minimum Gasteiger partial charge on any atom is -0.267 e. The van der Waals surface area contributed by atoms with Crippen molar-refractivity contribution in [3.63, 3.8) is 0 Å². The fourth-order valence-corrected chi connectivity index (χ4v) is 3.46. The van der Waals surface area contributed by atoms with Crippen LogP contribution in [0.3, 0.4) is 0 Å². The van der Waals surface area contributed by atoms with Gasteiger partial charge in [0.05, 0.1) is 21.4 Å². The summed E-state index contributed by atoms with van der Waals surface area (Å²) in [6.45, 7) is 0. The van der Waals surface area contributed by atoms with Crippen molar-refractivity contribution in [2.75, 3.05) is 6.26 Å². The van der Waals surface area contributed by atoms with Crippen LogP contribution in [0.2, 0.25) is 0 Å². The van der Waals surface area contributed by atoms with Crippen molar-refractivity contribution >= 4 is 33.4 Å². The van der Waals surface area contributed by atoms with Gasteiger partial charge in [0.15, 0.2) is 5.82 Å². The first-order chi connectivity index (χ1) is 11.0. The van der Waals surface area contributed by atoms with Gasteiger partial charge in [-0.25, -0.2) is 14.6 Å². The van der Waals surface area contributed by atoms with Gasteiger partial charge in [0.1, 0.15) is 3.57 Å². The molecule has 0 bridgehead atoms. The van der Waals surface area contributed by atoms with Gasteiger partial charge in [-0.3, -0.25) is 14.1 Å². The Morgan fingerprint density at radius 2 is 2.09 bits per heavy atom. The predicted molar refractivity (Wildman–Crippen MR) is 92.4 cm³/mol. The number of nitrogens with one attached hydrogen (secondary N) is 1. The van der Waals surface area contributed by atoms with Crippen molar-refractivity contribution in [2.45, 2.75) is 4.90 Å². The van der Waals surface area contributed by atoms with E-state index >= 15 is 0 Å². The molecule has 3 aromatic heterocycles. The fourth-order valence-electron chi connectivity index (χ4n) is 2.12. The second kappa shape index (κ2) is 6.32. The van der Waals surface area contributed by atoms with Crippen LogP contribution < -0.4 is 5.56 Å². The van der Waals surface area contributed by atoms with E-state index in [2.05, 4.69) is 15.1 Å². The standard InChI is InChI=1S/C14H10FIN4O2S/c1-23(22)9-3-2-6-17-13(9)20-12(11(16)14(21)19-20)8-4-5-10(15)18-7-8/h2-7H,1H3,(H,19,21). The monoisotopic (exact) mass is 444 g/mol. The minimum atomic E-state index is -1.29. The first kappa shape index (κ1) is 16.0. The first-order valence-corrected chi connectivity index (χ1v) is 9.04. The van der Waals surface area contributed by atoms with Gasteiger partial charge in [0, 0.05) is 24.2 Å². The molecular weight excluding hydrogens is 434 g/mol. The lowest BCUT2D eigenvalue weighted by Crippen LogP contribution is -2.09. The van der Waals surface area contributed by atoms with Crippen molar-refractivity contribution in [3.05, 3.63) is 56.5 Å². The van der Waals surface area contributed by atoms with E-state index in [0.29, 0.717) is 25.5 Å². The Hall–Kier alpha value is -1.88. The van der Waals surface area contributed by atoms with Crippen molar-refractivity contribution in [1.29, 1.82) is 0 Å². The summed E-state index contributed by atoms with van der Waals surface area (Å²) in [6.07, 6.45) is 4.41. The van der Waals surface area contributed by atoms with Gasteiger partial charge >= 0.3 is 0 Å². The molecule has 9 heteroatoms. The summed E-state index contributed by atoms with van der Waals surface area (Å²) in [5.74, 6) is -0.256. The van der Waals surface area contributed by atoms with Crippen LogP contribution >= 0.6 is 22.6 Å². The van der Waals surface area contributed by atoms with Gasteiger partial charge in [-0.2, -0.15) is 4.39 Å². The molecule has 1 N–H and O–H groups in total. The van der Waals surface area contributed by atoms with E-state index in [9.17, 15) is 13.4 Å². The number of halogens is 2. The zero-order chi connectivity index (χ0) is 16.6. The maximum atomic E-state index is 13.1. The first-order valence-electron chi connectivity index (χ1n) is 6.40. The van der Waals surface area contributed by atoms with Crippen LogP contribution in [0.1, 0.15) is 0 Å². The van der Waals surface area contributed by atoms with E-state index in [1.807, 2.05) is 22.6 Å². The molecule has 3 aromatic rings. The molecule has 118 valence electrons. The topological polar surface area (TPSA) is 80.6 Å². The number of aromatic amines is 1. The van der Waals surface area contributed by atoms with E-state index in [4.69, 9.17) is 0 Å². The Kier molecular flexibility index (Phi) is 4.39. The molecule has 0 saturated carbocycles. The average Bonchev–Trinajstić information content (AvgIpc) is 2.84. The molecule has 0 amide bonds. The van der Waals surface area contributed by atoms with Crippen molar-refractivity contribution in [1.82, 2.24) is 19.7 Å². The fraction of sp³-hybridized carbons (Fsp3) is 0.0714. The third kappa shape index (κ3) is 2.98. The molecule has 0 spiro atoms. The molecule has 1 unspecified atom stereocenters. The predicted octanol–water partition coefficient (Wildman–Crippen LogP) is 2.10. The summed E-state index contributed by atoms with van der Waals surface area (Å²) in [5, 5.41) is 2.67. The van der Waals surface area contributed by atoms with Crippen molar-refractivity contribution < 1.29 is 8.60 Å². The summed E-state index contributed by atoms with van der Waals surface area (Å²) < 4.78 is 26.9. The number of pyridine rings is 2. The number of nitrogens with zero attached hydrogens (tertiary/aromatic N) is 3. The largest absolute Gasteiger partial charge is 0.278 e. The normalized spacial score (nSPS) is 12.3. The van der Waals surface area contributed by atoms with Crippen molar-refractivity contribution in [3.8, 4) is 17.1 Å². The summed E-state index contributed by atoms with van der Waals surface area (Å²) in [7, 11) is -1.29. The highest BCUT2D eigenvalue weighted by Crippen LogP contribution is 2.26. The molecule has 3 heterocycles. The Morgan fingerprint density at radius 1 is 1.30 bits per heavy atom. The van der Waals surface area contributed by atoms with E-state index in [1.54, 1.807) is 18.3 Å². The molecule has 6 nitrogen and oxygen atoms in total. The lowest BCUT2D eigenvalue weighted by atomic mass is 10.2.